The van der Waals surface area contributed by atoms with Gasteiger partial charge in [0.05, 0.1) is 0 Å². The van der Waals surface area contributed by atoms with E-state index in [0.717, 1.165) is 11.1 Å². The van der Waals surface area contributed by atoms with Gasteiger partial charge in [0.15, 0.2) is 0 Å². The molecule has 0 radical (unpaired) electrons. The lowest BCUT2D eigenvalue weighted by Crippen LogP contribution is -2.29. The van der Waals surface area contributed by atoms with E-state index in [4.69, 9.17) is 5.11 Å². The maximum absolute atomic E-state index is 11.7. The van der Waals surface area contributed by atoms with Crippen LogP contribution in [0.4, 0.5) is 5.69 Å². The summed E-state index contributed by atoms with van der Waals surface area (Å²) in [4.78, 5) is 22.3. The van der Waals surface area contributed by atoms with Crippen LogP contribution in [0.15, 0.2) is 18.2 Å². The second-order valence-corrected chi connectivity index (χ2v) is 6.19. The predicted octanol–water partition coefficient (Wildman–Crippen LogP) is 1.46. The van der Waals surface area contributed by atoms with Crippen molar-refractivity contribution in [2.75, 3.05) is 11.1 Å². The molecule has 0 fully saturated rings. The number of aryl methyl sites for hydroxylation is 2. The summed E-state index contributed by atoms with van der Waals surface area (Å²) in [6.45, 7) is 5.14. The SMILES string of the molecule is Cc1cc(C)cc(NC(=O)CS(=O)C(C)C(=O)O)c1. The first kappa shape index (κ1) is 15.4. The Balaban J connectivity index is 2.65. The van der Waals surface area contributed by atoms with E-state index in [1.54, 1.807) is 12.1 Å². The van der Waals surface area contributed by atoms with Crippen LogP contribution in [-0.2, 0) is 20.4 Å². The molecule has 1 amide bonds. The molecule has 0 saturated heterocycles. The van der Waals surface area contributed by atoms with Gasteiger partial charge in [0.1, 0.15) is 11.0 Å². The molecular weight excluding hydrogens is 266 g/mol. The van der Waals surface area contributed by atoms with E-state index < -0.39 is 27.9 Å². The van der Waals surface area contributed by atoms with E-state index in [2.05, 4.69) is 5.32 Å². The number of hydrogen-bond donors (Lipinski definition) is 2. The van der Waals surface area contributed by atoms with E-state index in [-0.39, 0.29) is 5.75 Å². The fourth-order valence-electron chi connectivity index (χ4n) is 1.61. The lowest BCUT2D eigenvalue weighted by molar-refractivity contribution is -0.136. The highest BCUT2D eigenvalue weighted by Gasteiger charge is 2.21. The van der Waals surface area contributed by atoms with Crippen LogP contribution in [0, 0.1) is 13.8 Å². The summed E-state index contributed by atoms with van der Waals surface area (Å²) in [5.74, 6) is -1.94. The van der Waals surface area contributed by atoms with Crippen molar-refractivity contribution in [1.82, 2.24) is 0 Å². The van der Waals surface area contributed by atoms with Crippen LogP contribution < -0.4 is 5.32 Å². The predicted molar refractivity (Wildman–Crippen MR) is 74.7 cm³/mol. The number of nitrogens with one attached hydrogen (secondary N) is 1. The number of amides is 1. The fourth-order valence-corrected chi connectivity index (χ4v) is 2.42. The van der Waals surface area contributed by atoms with Crippen LogP contribution in [0.2, 0.25) is 0 Å². The summed E-state index contributed by atoms with van der Waals surface area (Å²) in [6, 6.07) is 5.57. The summed E-state index contributed by atoms with van der Waals surface area (Å²) < 4.78 is 11.6. The Morgan fingerprint density at radius 3 is 2.26 bits per heavy atom. The molecule has 2 atom stereocenters. The number of rotatable bonds is 5. The number of hydrogen-bond acceptors (Lipinski definition) is 3. The molecule has 0 heterocycles. The molecule has 0 spiro atoms. The van der Waals surface area contributed by atoms with Crippen molar-refractivity contribution < 1.29 is 18.9 Å². The Morgan fingerprint density at radius 1 is 1.26 bits per heavy atom. The number of carboxylic acid groups (broad SMARTS) is 1. The van der Waals surface area contributed by atoms with Gasteiger partial charge in [-0.2, -0.15) is 0 Å². The normalized spacial score (nSPS) is 13.6. The molecule has 2 N–H and O–H groups in total. The summed E-state index contributed by atoms with van der Waals surface area (Å²) in [5.41, 5.74) is 2.65. The summed E-state index contributed by atoms with van der Waals surface area (Å²) in [7, 11) is -1.72. The van der Waals surface area contributed by atoms with Crippen molar-refractivity contribution in [3.63, 3.8) is 0 Å². The minimum absolute atomic E-state index is 0.319. The minimum atomic E-state index is -1.72. The number of carboxylic acids is 1. The number of benzene rings is 1. The van der Waals surface area contributed by atoms with Gasteiger partial charge < -0.3 is 10.4 Å². The minimum Gasteiger partial charge on any atom is -0.480 e. The number of anilines is 1. The van der Waals surface area contributed by atoms with Crippen molar-refractivity contribution in [2.45, 2.75) is 26.0 Å². The van der Waals surface area contributed by atoms with E-state index in [9.17, 15) is 13.8 Å². The van der Waals surface area contributed by atoms with Gasteiger partial charge >= 0.3 is 5.97 Å². The highest BCUT2D eigenvalue weighted by atomic mass is 32.2. The molecule has 0 aliphatic rings. The molecule has 0 bridgehead atoms. The van der Waals surface area contributed by atoms with Gasteiger partial charge in [-0.15, -0.1) is 0 Å². The standard InChI is InChI=1S/C13H17NO4S/c1-8-4-9(2)6-11(5-8)14-12(15)7-19(18)10(3)13(16)17/h4-6,10H,7H2,1-3H3,(H,14,15)(H,16,17). The van der Waals surface area contributed by atoms with E-state index in [1.807, 2.05) is 19.9 Å². The molecule has 19 heavy (non-hydrogen) atoms. The lowest BCUT2D eigenvalue weighted by atomic mass is 10.1. The molecule has 1 aromatic carbocycles. The van der Waals surface area contributed by atoms with Gasteiger partial charge in [-0.25, -0.2) is 0 Å². The quantitative estimate of drug-likeness (QED) is 0.857. The highest BCUT2D eigenvalue weighted by molar-refractivity contribution is 7.87. The number of carbonyl (C=O) groups is 2. The first-order valence-electron chi connectivity index (χ1n) is 5.77. The van der Waals surface area contributed by atoms with Crippen LogP contribution in [0.5, 0.6) is 0 Å². The molecule has 2 unspecified atom stereocenters. The topological polar surface area (TPSA) is 83.5 Å². The Labute approximate surface area is 114 Å². The molecule has 5 nitrogen and oxygen atoms in total. The molecule has 6 heteroatoms. The highest BCUT2D eigenvalue weighted by Crippen LogP contribution is 2.13. The molecule has 0 aliphatic carbocycles. The van der Waals surface area contributed by atoms with Crippen LogP contribution in [-0.4, -0.2) is 32.2 Å². The van der Waals surface area contributed by atoms with Crippen molar-refractivity contribution in [2.24, 2.45) is 0 Å². The van der Waals surface area contributed by atoms with E-state index in [1.165, 1.54) is 6.92 Å². The second-order valence-electron chi connectivity index (χ2n) is 4.43. The monoisotopic (exact) mass is 283 g/mol. The van der Waals surface area contributed by atoms with Gasteiger partial charge in [-0.3, -0.25) is 13.8 Å². The average Bonchev–Trinajstić information content (AvgIpc) is 2.25. The fraction of sp³-hybridized carbons (Fsp3) is 0.385. The van der Waals surface area contributed by atoms with E-state index >= 15 is 0 Å². The maximum Gasteiger partial charge on any atom is 0.318 e. The molecular formula is C13H17NO4S. The first-order valence-corrected chi connectivity index (χ1v) is 7.16. The molecule has 0 saturated carbocycles. The number of carbonyl (C=O) groups excluding carboxylic acids is 1. The van der Waals surface area contributed by atoms with E-state index in [0.29, 0.717) is 5.69 Å². The average molecular weight is 283 g/mol. The van der Waals surface area contributed by atoms with Gasteiger partial charge in [0, 0.05) is 16.5 Å². The van der Waals surface area contributed by atoms with Crippen molar-refractivity contribution in [3.8, 4) is 0 Å². The smallest absolute Gasteiger partial charge is 0.318 e. The summed E-state index contributed by atoms with van der Waals surface area (Å²) in [6.07, 6.45) is 0. The Morgan fingerprint density at radius 2 is 1.79 bits per heavy atom. The van der Waals surface area contributed by atoms with Crippen LogP contribution in [0.3, 0.4) is 0 Å². The zero-order valence-electron chi connectivity index (χ0n) is 11.1. The molecule has 104 valence electrons. The summed E-state index contributed by atoms with van der Waals surface area (Å²) in [5, 5.41) is 10.3. The Kier molecular flexibility index (Phi) is 5.23. The van der Waals surface area contributed by atoms with Gasteiger partial charge in [0.2, 0.25) is 5.91 Å². The van der Waals surface area contributed by atoms with Crippen LogP contribution in [0.25, 0.3) is 0 Å². The first-order chi connectivity index (χ1) is 8.79. The van der Waals surface area contributed by atoms with Crippen LogP contribution in [0.1, 0.15) is 18.1 Å². The third-order valence-corrected chi connectivity index (χ3v) is 4.06. The zero-order chi connectivity index (χ0) is 14.6. The van der Waals surface area contributed by atoms with Crippen LogP contribution >= 0.6 is 0 Å². The third-order valence-electron chi connectivity index (χ3n) is 2.52. The molecule has 1 rings (SSSR count). The Bertz CT molecular complexity index is 507. The maximum atomic E-state index is 11.7. The number of aliphatic carboxylic acids is 1. The van der Waals surface area contributed by atoms with Gasteiger partial charge in [0.25, 0.3) is 0 Å². The molecule has 0 aliphatic heterocycles. The lowest BCUT2D eigenvalue weighted by Gasteiger charge is -2.09. The van der Waals surface area contributed by atoms with Crippen molar-refractivity contribution in [3.05, 3.63) is 29.3 Å². The molecule has 0 aromatic heterocycles. The van der Waals surface area contributed by atoms with Crippen molar-refractivity contribution in [1.29, 1.82) is 0 Å². The third kappa shape index (κ3) is 4.82. The Hall–Kier alpha value is -1.69. The summed E-state index contributed by atoms with van der Waals surface area (Å²) >= 11 is 0. The largest absolute Gasteiger partial charge is 0.480 e. The second kappa shape index (κ2) is 6.47. The molecule has 1 aromatic rings. The van der Waals surface area contributed by atoms with Gasteiger partial charge in [-0.1, -0.05) is 6.07 Å². The van der Waals surface area contributed by atoms with Gasteiger partial charge in [-0.05, 0) is 44.0 Å². The zero-order valence-corrected chi connectivity index (χ0v) is 11.9. The van der Waals surface area contributed by atoms with Crippen molar-refractivity contribution >= 4 is 28.4 Å².